The van der Waals surface area contributed by atoms with Crippen molar-refractivity contribution in [3.8, 4) is 0 Å². The lowest BCUT2D eigenvalue weighted by Crippen LogP contribution is -2.30. The number of aromatic nitrogens is 1. The molecule has 4 rings (SSSR count). The van der Waals surface area contributed by atoms with E-state index in [1.807, 2.05) is 37.3 Å². The van der Waals surface area contributed by atoms with E-state index in [2.05, 4.69) is 10.3 Å². The third-order valence-electron chi connectivity index (χ3n) is 5.04. The van der Waals surface area contributed by atoms with Gasteiger partial charge in [0.25, 0.3) is 0 Å². The highest BCUT2D eigenvalue weighted by Crippen LogP contribution is 2.29. The fraction of sp³-hybridized carbons (Fsp3) is 0.286. The number of fused-ring (bicyclic) bond motifs is 1. The average Bonchev–Trinajstić information content (AvgIpc) is 3.23. The van der Waals surface area contributed by atoms with Crippen LogP contribution < -0.4 is 5.32 Å². The van der Waals surface area contributed by atoms with E-state index < -0.39 is 0 Å². The number of hydrogen-bond acceptors (Lipinski definition) is 4. The number of rotatable bonds is 4. The summed E-state index contributed by atoms with van der Waals surface area (Å²) in [7, 11) is 0. The van der Waals surface area contributed by atoms with E-state index >= 15 is 0 Å². The van der Waals surface area contributed by atoms with Crippen molar-refractivity contribution in [1.29, 1.82) is 0 Å². The zero-order valence-corrected chi connectivity index (χ0v) is 15.3. The first kappa shape index (κ1) is 17.3. The summed E-state index contributed by atoms with van der Waals surface area (Å²) >= 11 is 0. The zero-order chi connectivity index (χ0) is 19.0. The predicted octanol–water partition coefficient (Wildman–Crippen LogP) is 3.68. The number of benzene rings is 2. The largest absolute Gasteiger partial charge is 0.441 e. The molecule has 6 heteroatoms. The minimum absolute atomic E-state index is 0.00841. The Morgan fingerprint density at radius 3 is 2.81 bits per heavy atom. The summed E-state index contributed by atoms with van der Waals surface area (Å²) in [6, 6.07) is 15.2. The summed E-state index contributed by atoms with van der Waals surface area (Å²) in [5.74, 6) is 0.0820. The van der Waals surface area contributed by atoms with Crippen LogP contribution in [0.25, 0.3) is 11.1 Å². The van der Waals surface area contributed by atoms with Gasteiger partial charge in [0.15, 0.2) is 11.5 Å². The van der Waals surface area contributed by atoms with Crippen LogP contribution in [0.1, 0.15) is 30.8 Å². The summed E-state index contributed by atoms with van der Waals surface area (Å²) in [5, 5.41) is 2.91. The molecule has 1 saturated heterocycles. The zero-order valence-electron chi connectivity index (χ0n) is 15.3. The minimum atomic E-state index is -0.363. The second-order valence-corrected chi connectivity index (χ2v) is 6.94. The first-order chi connectivity index (χ1) is 13.0. The average molecular weight is 363 g/mol. The van der Waals surface area contributed by atoms with Gasteiger partial charge in [-0.3, -0.25) is 9.59 Å². The van der Waals surface area contributed by atoms with Gasteiger partial charge < -0.3 is 14.6 Å². The monoisotopic (exact) mass is 363 g/mol. The van der Waals surface area contributed by atoms with Gasteiger partial charge in [-0.15, -0.1) is 0 Å². The van der Waals surface area contributed by atoms with Crippen LogP contribution in [0.3, 0.4) is 0 Å². The van der Waals surface area contributed by atoms with E-state index in [1.165, 1.54) is 0 Å². The Hall–Kier alpha value is -3.15. The fourth-order valence-corrected chi connectivity index (χ4v) is 3.56. The van der Waals surface area contributed by atoms with Gasteiger partial charge in [0.05, 0.1) is 12.0 Å². The molecule has 6 nitrogen and oxygen atoms in total. The summed E-state index contributed by atoms with van der Waals surface area (Å²) in [5.41, 5.74) is 3.11. The molecule has 27 heavy (non-hydrogen) atoms. The van der Waals surface area contributed by atoms with Gasteiger partial charge in [0, 0.05) is 25.6 Å². The quantitative estimate of drug-likeness (QED) is 0.767. The Balaban J connectivity index is 1.45. The number of oxazole rings is 1. The number of amides is 2. The molecular formula is C21H21N3O3. The maximum Gasteiger partial charge on any atom is 0.229 e. The third-order valence-corrected chi connectivity index (χ3v) is 5.04. The first-order valence-corrected chi connectivity index (χ1v) is 9.04. The lowest BCUT2D eigenvalue weighted by Gasteiger charge is -2.25. The van der Waals surface area contributed by atoms with E-state index in [4.69, 9.17) is 4.42 Å². The van der Waals surface area contributed by atoms with Gasteiger partial charge in [0.2, 0.25) is 11.8 Å². The fourth-order valence-electron chi connectivity index (χ4n) is 3.56. The predicted molar refractivity (Wildman–Crippen MR) is 102 cm³/mol. The van der Waals surface area contributed by atoms with Crippen LogP contribution in [0.4, 0.5) is 5.69 Å². The van der Waals surface area contributed by atoms with Crippen molar-refractivity contribution < 1.29 is 14.0 Å². The lowest BCUT2D eigenvalue weighted by atomic mass is 10.1. The molecule has 1 fully saturated rings. The minimum Gasteiger partial charge on any atom is -0.441 e. The molecule has 0 radical (unpaired) electrons. The van der Waals surface area contributed by atoms with Gasteiger partial charge >= 0.3 is 0 Å². The number of nitrogens with one attached hydrogen (secondary N) is 1. The van der Waals surface area contributed by atoms with Crippen molar-refractivity contribution in [2.24, 2.45) is 5.92 Å². The molecule has 138 valence electrons. The van der Waals surface area contributed by atoms with Crippen LogP contribution in [-0.2, 0) is 9.59 Å². The number of likely N-dealkylation sites (tertiary alicyclic amines) is 1. The summed E-state index contributed by atoms with van der Waals surface area (Å²) in [4.78, 5) is 31.2. The van der Waals surface area contributed by atoms with Gasteiger partial charge in [-0.05, 0) is 30.7 Å². The van der Waals surface area contributed by atoms with E-state index in [1.54, 1.807) is 30.0 Å². The molecule has 1 aliphatic heterocycles. The molecule has 2 heterocycles. The smallest absolute Gasteiger partial charge is 0.229 e. The van der Waals surface area contributed by atoms with Crippen molar-refractivity contribution in [1.82, 2.24) is 9.88 Å². The second kappa shape index (κ2) is 6.87. The highest BCUT2D eigenvalue weighted by molar-refractivity contribution is 5.98. The summed E-state index contributed by atoms with van der Waals surface area (Å²) in [6.45, 7) is 4.20. The summed E-state index contributed by atoms with van der Waals surface area (Å²) < 4.78 is 5.45. The second-order valence-electron chi connectivity index (χ2n) is 6.94. The van der Waals surface area contributed by atoms with Crippen LogP contribution in [-0.4, -0.2) is 28.2 Å². The molecule has 1 N–H and O–H groups in total. The van der Waals surface area contributed by atoms with Gasteiger partial charge in [-0.25, -0.2) is 4.98 Å². The van der Waals surface area contributed by atoms with Crippen LogP contribution in [0.2, 0.25) is 0 Å². The number of carbonyl (C=O) groups is 2. The molecule has 1 aromatic heterocycles. The molecule has 0 unspecified atom stereocenters. The van der Waals surface area contributed by atoms with Crippen molar-refractivity contribution in [2.75, 3.05) is 11.9 Å². The Morgan fingerprint density at radius 1 is 1.26 bits per heavy atom. The maximum absolute atomic E-state index is 12.7. The number of nitrogens with zero attached hydrogens (tertiary/aromatic N) is 2. The number of anilines is 1. The van der Waals surface area contributed by atoms with Crippen molar-refractivity contribution in [3.63, 3.8) is 0 Å². The topological polar surface area (TPSA) is 75.4 Å². The van der Waals surface area contributed by atoms with Crippen molar-refractivity contribution in [3.05, 3.63) is 60.0 Å². The van der Waals surface area contributed by atoms with Gasteiger partial charge in [0.1, 0.15) is 5.52 Å². The lowest BCUT2D eigenvalue weighted by molar-refractivity contribution is -0.129. The van der Waals surface area contributed by atoms with E-state index in [0.717, 1.165) is 5.56 Å². The Bertz CT molecular complexity index is 996. The third kappa shape index (κ3) is 3.43. The van der Waals surface area contributed by atoms with E-state index in [9.17, 15) is 9.59 Å². The molecule has 1 aliphatic rings. The van der Waals surface area contributed by atoms with Crippen molar-refractivity contribution >= 4 is 28.6 Å². The van der Waals surface area contributed by atoms with E-state index in [-0.39, 0.29) is 30.2 Å². The first-order valence-electron chi connectivity index (χ1n) is 9.04. The normalized spacial score (nSPS) is 18.1. The van der Waals surface area contributed by atoms with Crippen LogP contribution in [0.15, 0.2) is 52.9 Å². The van der Waals surface area contributed by atoms with Crippen molar-refractivity contribution in [2.45, 2.75) is 26.3 Å². The highest BCUT2D eigenvalue weighted by atomic mass is 16.3. The van der Waals surface area contributed by atoms with Gasteiger partial charge in [-0.2, -0.15) is 0 Å². The van der Waals surface area contributed by atoms with Gasteiger partial charge in [-0.1, -0.05) is 30.3 Å². The SMILES string of the molecule is Cc1nc2cc(NC(=O)[C@H]3CC(=O)N([C@H](C)c4ccccc4)C3)ccc2o1. The molecule has 0 spiro atoms. The molecule has 2 atom stereocenters. The molecule has 2 amide bonds. The Morgan fingerprint density at radius 2 is 2.04 bits per heavy atom. The number of hydrogen-bond donors (Lipinski definition) is 1. The Labute approximate surface area is 157 Å². The molecule has 0 aliphatic carbocycles. The van der Waals surface area contributed by atoms with E-state index in [0.29, 0.717) is 29.2 Å². The molecule has 0 bridgehead atoms. The number of carbonyl (C=O) groups excluding carboxylic acids is 2. The maximum atomic E-state index is 12.7. The van der Waals surface area contributed by atoms with Crippen LogP contribution >= 0.6 is 0 Å². The molecular weight excluding hydrogens is 342 g/mol. The number of aryl methyl sites for hydroxylation is 1. The highest BCUT2D eigenvalue weighted by Gasteiger charge is 2.37. The van der Waals surface area contributed by atoms with Crippen LogP contribution in [0, 0.1) is 12.8 Å². The molecule has 2 aromatic carbocycles. The molecule has 3 aromatic rings. The van der Waals surface area contributed by atoms with Crippen LogP contribution in [0.5, 0.6) is 0 Å². The molecule has 0 saturated carbocycles. The Kier molecular flexibility index (Phi) is 4.39. The summed E-state index contributed by atoms with van der Waals surface area (Å²) in [6.07, 6.45) is 0.230. The standard InChI is InChI=1S/C21H21N3O3/c1-13(15-6-4-3-5-7-15)24-12-16(10-20(24)25)21(26)23-17-8-9-19-18(11-17)22-14(2)27-19/h3-9,11,13,16H,10,12H2,1-2H3,(H,23,26)/t13-,16+/m1/s1.